The predicted octanol–water partition coefficient (Wildman–Crippen LogP) is 0.207. The number of tetrazole rings is 1. The summed E-state index contributed by atoms with van der Waals surface area (Å²) in [6, 6.07) is 7.31. The second-order valence-electron chi connectivity index (χ2n) is 6.54. The molecule has 1 amide bonds. The number of methoxy groups -OCH3 is 1. The van der Waals surface area contributed by atoms with Crippen LogP contribution in [-0.4, -0.2) is 65.2 Å². The van der Waals surface area contributed by atoms with E-state index in [0.717, 1.165) is 18.7 Å². The molecule has 1 aromatic carbocycles. The molecular formula is C17H21N5O4. The average molecular weight is 359 g/mol. The lowest BCUT2D eigenvalue weighted by molar-refractivity contribution is -0.131. The van der Waals surface area contributed by atoms with Crippen molar-refractivity contribution in [2.24, 2.45) is 11.8 Å². The Bertz CT molecular complexity index is 736. The number of hydrogen-bond donors (Lipinski definition) is 1. The van der Waals surface area contributed by atoms with Crippen LogP contribution in [-0.2, 0) is 14.3 Å². The van der Waals surface area contributed by atoms with E-state index in [-0.39, 0.29) is 30.6 Å². The van der Waals surface area contributed by atoms with Crippen LogP contribution in [0.1, 0.15) is 6.42 Å². The summed E-state index contributed by atoms with van der Waals surface area (Å²) in [6.07, 6.45) is 2.70. The summed E-state index contributed by atoms with van der Waals surface area (Å²) in [5, 5.41) is 14.1. The van der Waals surface area contributed by atoms with E-state index in [0.29, 0.717) is 18.3 Å². The number of aromatic nitrogens is 4. The lowest BCUT2D eigenvalue weighted by atomic mass is 9.67. The number of nitrogens with zero attached hydrogens (tertiary/aromatic N) is 4. The molecule has 1 aliphatic carbocycles. The third-order valence-electron chi connectivity index (χ3n) is 5.03. The molecule has 9 nitrogen and oxygen atoms in total. The average Bonchev–Trinajstić information content (AvgIpc) is 3.33. The molecule has 1 N–H and O–H groups in total. The maximum absolute atomic E-state index is 12.3. The van der Waals surface area contributed by atoms with E-state index in [1.807, 2.05) is 12.1 Å². The van der Waals surface area contributed by atoms with Crippen molar-refractivity contribution < 1.29 is 19.0 Å². The third-order valence-corrected chi connectivity index (χ3v) is 5.03. The van der Waals surface area contributed by atoms with Gasteiger partial charge in [-0.25, -0.2) is 4.68 Å². The molecule has 4 atom stereocenters. The van der Waals surface area contributed by atoms with Crippen molar-refractivity contribution >= 4 is 5.91 Å². The molecule has 0 radical (unpaired) electrons. The Kier molecular flexibility index (Phi) is 4.81. The minimum absolute atomic E-state index is 0.0291. The van der Waals surface area contributed by atoms with Gasteiger partial charge in [0, 0.05) is 31.6 Å². The highest BCUT2D eigenvalue weighted by Gasteiger charge is 2.54. The van der Waals surface area contributed by atoms with Gasteiger partial charge in [-0.3, -0.25) is 4.79 Å². The van der Waals surface area contributed by atoms with Crippen molar-refractivity contribution in [2.75, 3.05) is 26.9 Å². The number of carbonyl (C=O) groups excluding carboxylic acids is 1. The maximum Gasteiger partial charge on any atom is 0.258 e. The topological polar surface area (TPSA) is 100 Å². The summed E-state index contributed by atoms with van der Waals surface area (Å²) in [7, 11) is 1.67. The smallest absolute Gasteiger partial charge is 0.258 e. The van der Waals surface area contributed by atoms with Gasteiger partial charge in [0.25, 0.3) is 5.91 Å². The summed E-state index contributed by atoms with van der Waals surface area (Å²) in [5.74, 6) is 1.08. The molecular weight excluding hydrogens is 338 g/mol. The lowest BCUT2D eigenvalue weighted by Crippen LogP contribution is -2.63. The number of benzene rings is 1. The highest BCUT2D eigenvalue weighted by molar-refractivity contribution is 5.78. The van der Waals surface area contributed by atoms with Gasteiger partial charge in [-0.15, -0.1) is 5.10 Å². The number of rotatable bonds is 7. The van der Waals surface area contributed by atoms with Crippen LogP contribution in [0.15, 0.2) is 30.6 Å². The molecule has 9 heteroatoms. The van der Waals surface area contributed by atoms with Gasteiger partial charge in [-0.1, -0.05) is 0 Å². The molecule has 0 spiro atoms. The summed E-state index contributed by atoms with van der Waals surface area (Å²) in [6.45, 7) is 1.32. The largest absolute Gasteiger partial charge is 0.484 e. The van der Waals surface area contributed by atoms with Crippen LogP contribution in [0.2, 0.25) is 0 Å². The van der Waals surface area contributed by atoms with Crippen molar-refractivity contribution in [3.8, 4) is 11.4 Å². The van der Waals surface area contributed by atoms with E-state index in [9.17, 15) is 4.79 Å². The SMILES string of the molecule is COC[C@@H]1[C@H](NC(=O)COc2ccc(-n3cnnn3)cc2)[C@@H]2CCO[C@H]12. The molecule has 0 bridgehead atoms. The van der Waals surface area contributed by atoms with Crippen LogP contribution >= 0.6 is 0 Å². The van der Waals surface area contributed by atoms with Crippen molar-refractivity contribution in [2.45, 2.75) is 18.6 Å². The Morgan fingerprint density at radius 2 is 2.23 bits per heavy atom. The number of amides is 1. The van der Waals surface area contributed by atoms with Crippen LogP contribution in [0.5, 0.6) is 5.75 Å². The molecule has 2 heterocycles. The summed E-state index contributed by atoms with van der Waals surface area (Å²) in [4.78, 5) is 12.3. The van der Waals surface area contributed by atoms with E-state index in [1.54, 1.807) is 23.9 Å². The Hall–Kier alpha value is -2.52. The van der Waals surface area contributed by atoms with E-state index >= 15 is 0 Å². The molecule has 138 valence electrons. The van der Waals surface area contributed by atoms with E-state index in [1.165, 1.54) is 6.33 Å². The first kappa shape index (κ1) is 16.9. The number of fused-ring (bicyclic) bond motifs is 1. The van der Waals surface area contributed by atoms with Crippen LogP contribution < -0.4 is 10.1 Å². The normalized spacial score (nSPS) is 26.8. The Morgan fingerprint density at radius 3 is 2.96 bits per heavy atom. The summed E-state index contributed by atoms with van der Waals surface area (Å²) < 4.78 is 18.1. The Balaban J connectivity index is 1.28. The van der Waals surface area contributed by atoms with E-state index in [2.05, 4.69) is 20.8 Å². The van der Waals surface area contributed by atoms with Gasteiger partial charge in [0.05, 0.1) is 18.4 Å². The van der Waals surface area contributed by atoms with E-state index in [4.69, 9.17) is 14.2 Å². The second kappa shape index (κ2) is 7.38. The van der Waals surface area contributed by atoms with E-state index < -0.39 is 0 Å². The fourth-order valence-electron chi connectivity index (χ4n) is 3.79. The van der Waals surface area contributed by atoms with Crippen molar-refractivity contribution in [3.05, 3.63) is 30.6 Å². The standard InChI is InChI=1S/C17H21N5O4/c1-24-8-14-16(13-6-7-25-17(13)14)19-15(23)9-26-12-4-2-11(3-5-12)22-10-18-20-21-22/h2-5,10,13-14,16-17H,6-9H2,1H3,(H,19,23)/t13-,14+,16+,17-/m0/s1. The second-order valence-corrected chi connectivity index (χ2v) is 6.54. The van der Waals surface area contributed by atoms with Gasteiger partial charge in [-0.2, -0.15) is 0 Å². The number of ether oxygens (including phenoxy) is 3. The van der Waals surface area contributed by atoms with Crippen LogP contribution in [0.4, 0.5) is 0 Å². The van der Waals surface area contributed by atoms with Crippen molar-refractivity contribution in [1.82, 2.24) is 25.5 Å². The maximum atomic E-state index is 12.3. The third kappa shape index (κ3) is 3.27. The van der Waals surface area contributed by atoms with Gasteiger partial charge >= 0.3 is 0 Å². The first-order valence-electron chi connectivity index (χ1n) is 8.62. The van der Waals surface area contributed by atoms with Crippen LogP contribution in [0, 0.1) is 11.8 Å². The highest BCUT2D eigenvalue weighted by atomic mass is 16.5. The molecule has 2 aromatic rings. The van der Waals surface area contributed by atoms with Gasteiger partial charge in [0.15, 0.2) is 6.61 Å². The Labute approximate surface area is 150 Å². The molecule has 1 saturated carbocycles. The lowest BCUT2D eigenvalue weighted by Gasteiger charge is -2.47. The molecule has 4 rings (SSSR count). The quantitative estimate of drug-likeness (QED) is 0.754. The first-order valence-corrected chi connectivity index (χ1v) is 8.62. The van der Waals surface area contributed by atoms with Crippen molar-refractivity contribution in [3.63, 3.8) is 0 Å². The monoisotopic (exact) mass is 359 g/mol. The number of carbonyl (C=O) groups is 1. The number of hydrogen-bond acceptors (Lipinski definition) is 7. The summed E-state index contributed by atoms with van der Waals surface area (Å²) >= 11 is 0. The molecule has 1 aliphatic heterocycles. The number of nitrogens with one attached hydrogen (secondary N) is 1. The van der Waals surface area contributed by atoms with Crippen LogP contribution in [0.3, 0.4) is 0 Å². The minimum Gasteiger partial charge on any atom is -0.484 e. The molecule has 0 unspecified atom stereocenters. The zero-order valence-electron chi connectivity index (χ0n) is 14.4. The minimum atomic E-state index is -0.133. The zero-order valence-corrected chi connectivity index (χ0v) is 14.4. The molecule has 2 aliphatic rings. The zero-order chi connectivity index (χ0) is 17.9. The molecule has 1 aromatic heterocycles. The van der Waals surface area contributed by atoms with Gasteiger partial charge < -0.3 is 19.5 Å². The molecule has 2 fully saturated rings. The predicted molar refractivity (Wildman–Crippen MR) is 89.8 cm³/mol. The highest BCUT2D eigenvalue weighted by Crippen LogP contribution is 2.43. The first-order chi connectivity index (χ1) is 12.8. The fraction of sp³-hybridized carbons (Fsp3) is 0.529. The Morgan fingerprint density at radius 1 is 1.38 bits per heavy atom. The summed E-state index contributed by atoms with van der Waals surface area (Å²) in [5.41, 5.74) is 0.816. The van der Waals surface area contributed by atoms with Crippen molar-refractivity contribution in [1.29, 1.82) is 0 Å². The van der Waals surface area contributed by atoms with Gasteiger partial charge in [-0.05, 0) is 41.1 Å². The fourth-order valence-corrected chi connectivity index (χ4v) is 3.79. The molecule has 26 heavy (non-hydrogen) atoms. The van der Waals surface area contributed by atoms with Gasteiger partial charge in [0.1, 0.15) is 12.1 Å². The van der Waals surface area contributed by atoms with Gasteiger partial charge in [0.2, 0.25) is 0 Å². The van der Waals surface area contributed by atoms with Crippen LogP contribution in [0.25, 0.3) is 5.69 Å². The molecule has 1 saturated heterocycles.